The molecule has 84 valence electrons. The van der Waals surface area contributed by atoms with Crippen molar-refractivity contribution in [2.75, 3.05) is 0 Å². The van der Waals surface area contributed by atoms with Crippen molar-refractivity contribution < 1.29 is 5.11 Å². The highest BCUT2D eigenvalue weighted by Crippen LogP contribution is 2.36. The summed E-state index contributed by atoms with van der Waals surface area (Å²) in [4.78, 5) is 0. The third kappa shape index (κ3) is 3.61. The van der Waals surface area contributed by atoms with Gasteiger partial charge in [-0.1, -0.05) is 33.6 Å². The molecular weight excluding hydrogens is 172 g/mol. The third-order valence-corrected chi connectivity index (χ3v) is 3.74. The van der Waals surface area contributed by atoms with E-state index in [1.165, 1.54) is 32.1 Å². The average Bonchev–Trinajstić information content (AvgIpc) is 2.62. The monoisotopic (exact) mass is 198 g/mol. The number of hydrogen-bond acceptors (Lipinski definition) is 1. The van der Waals surface area contributed by atoms with Crippen molar-refractivity contribution in [3.05, 3.63) is 0 Å². The zero-order chi connectivity index (χ0) is 10.6. The second-order valence-electron chi connectivity index (χ2n) is 5.39. The van der Waals surface area contributed by atoms with Crippen LogP contribution in [0.15, 0.2) is 0 Å². The number of hydrogen-bond donors (Lipinski definition) is 1. The molecule has 3 unspecified atom stereocenters. The van der Waals surface area contributed by atoms with Gasteiger partial charge in [0, 0.05) is 0 Å². The van der Waals surface area contributed by atoms with Crippen LogP contribution in [0.4, 0.5) is 0 Å². The molecule has 0 aromatic heterocycles. The van der Waals surface area contributed by atoms with Gasteiger partial charge in [0.2, 0.25) is 0 Å². The first-order chi connectivity index (χ1) is 6.63. The summed E-state index contributed by atoms with van der Waals surface area (Å²) in [5, 5.41) is 10.0. The molecule has 0 radical (unpaired) electrons. The van der Waals surface area contributed by atoms with E-state index in [4.69, 9.17) is 0 Å². The van der Waals surface area contributed by atoms with E-state index in [0.29, 0.717) is 5.92 Å². The van der Waals surface area contributed by atoms with Crippen molar-refractivity contribution in [1.82, 2.24) is 0 Å². The third-order valence-electron chi connectivity index (χ3n) is 3.74. The highest BCUT2D eigenvalue weighted by Gasteiger charge is 2.28. The van der Waals surface area contributed by atoms with Crippen LogP contribution in [0.2, 0.25) is 0 Å². The van der Waals surface area contributed by atoms with Gasteiger partial charge in [-0.25, -0.2) is 0 Å². The van der Waals surface area contributed by atoms with Gasteiger partial charge in [-0.3, -0.25) is 0 Å². The summed E-state index contributed by atoms with van der Waals surface area (Å²) in [6.07, 6.45) is 7.35. The van der Waals surface area contributed by atoms with Gasteiger partial charge >= 0.3 is 0 Å². The van der Waals surface area contributed by atoms with Crippen LogP contribution < -0.4 is 0 Å². The molecule has 1 aliphatic rings. The Bertz CT molecular complexity index is 153. The second kappa shape index (κ2) is 5.75. The lowest BCUT2D eigenvalue weighted by Gasteiger charge is -2.19. The van der Waals surface area contributed by atoms with Crippen LogP contribution in [0.25, 0.3) is 0 Å². The Hall–Kier alpha value is -0.0400. The summed E-state index contributed by atoms with van der Waals surface area (Å²) in [5.41, 5.74) is 0. The fourth-order valence-electron chi connectivity index (χ4n) is 2.57. The van der Waals surface area contributed by atoms with Crippen LogP contribution in [-0.2, 0) is 0 Å². The highest BCUT2D eigenvalue weighted by molar-refractivity contribution is 4.79. The van der Waals surface area contributed by atoms with Crippen molar-refractivity contribution in [3.63, 3.8) is 0 Å². The SMILES string of the molecule is CCC1CCC(C(O)CCC(C)C)C1. The Morgan fingerprint density at radius 1 is 1.21 bits per heavy atom. The molecule has 1 aliphatic carbocycles. The lowest BCUT2D eigenvalue weighted by Crippen LogP contribution is -2.18. The topological polar surface area (TPSA) is 20.2 Å². The lowest BCUT2D eigenvalue weighted by atomic mass is 9.93. The average molecular weight is 198 g/mol. The number of aliphatic hydroxyl groups excluding tert-OH is 1. The molecule has 0 spiro atoms. The molecule has 0 bridgehead atoms. The molecule has 1 fully saturated rings. The van der Waals surface area contributed by atoms with E-state index >= 15 is 0 Å². The van der Waals surface area contributed by atoms with Gasteiger partial charge in [0.15, 0.2) is 0 Å². The smallest absolute Gasteiger partial charge is 0.0568 e. The minimum Gasteiger partial charge on any atom is -0.393 e. The molecule has 1 nitrogen and oxygen atoms in total. The molecule has 1 heteroatoms. The van der Waals surface area contributed by atoms with E-state index < -0.39 is 0 Å². The summed E-state index contributed by atoms with van der Waals surface area (Å²) in [6.45, 7) is 6.74. The number of rotatable bonds is 5. The first-order valence-electron chi connectivity index (χ1n) is 6.31. The molecule has 0 amide bonds. The Kier molecular flexibility index (Phi) is 4.94. The second-order valence-corrected chi connectivity index (χ2v) is 5.39. The quantitative estimate of drug-likeness (QED) is 0.715. The van der Waals surface area contributed by atoms with Crippen LogP contribution in [0.5, 0.6) is 0 Å². The maximum absolute atomic E-state index is 10.0. The Labute approximate surface area is 88.9 Å². The zero-order valence-corrected chi connectivity index (χ0v) is 10.00. The highest BCUT2D eigenvalue weighted by atomic mass is 16.3. The van der Waals surface area contributed by atoms with Gasteiger partial charge in [-0.15, -0.1) is 0 Å². The van der Waals surface area contributed by atoms with Gasteiger partial charge in [-0.05, 0) is 43.4 Å². The minimum atomic E-state index is -0.0195. The Morgan fingerprint density at radius 3 is 2.43 bits per heavy atom. The van der Waals surface area contributed by atoms with Gasteiger partial charge in [0.05, 0.1) is 6.10 Å². The Morgan fingerprint density at radius 2 is 1.93 bits per heavy atom. The lowest BCUT2D eigenvalue weighted by molar-refractivity contribution is 0.0938. The van der Waals surface area contributed by atoms with E-state index in [1.807, 2.05) is 0 Å². The molecule has 0 aliphatic heterocycles. The van der Waals surface area contributed by atoms with Crippen molar-refractivity contribution in [2.45, 2.75) is 65.4 Å². The van der Waals surface area contributed by atoms with Gasteiger partial charge in [-0.2, -0.15) is 0 Å². The molecular formula is C13H26O. The van der Waals surface area contributed by atoms with Gasteiger partial charge in [0.1, 0.15) is 0 Å². The predicted molar refractivity (Wildman–Crippen MR) is 61.2 cm³/mol. The summed E-state index contributed by atoms with van der Waals surface area (Å²) in [6, 6.07) is 0. The molecule has 0 saturated heterocycles. The normalized spacial score (nSPS) is 29.8. The fourth-order valence-corrected chi connectivity index (χ4v) is 2.57. The molecule has 0 heterocycles. The molecule has 0 aromatic carbocycles. The largest absolute Gasteiger partial charge is 0.393 e. The van der Waals surface area contributed by atoms with Crippen molar-refractivity contribution >= 4 is 0 Å². The van der Waals surface area contributed by atoms with Crippen LogP contribution in [-0.4, -0.2) is 11.2 Å². The maximum atomic E-state index is 10.0. The van der Waals surface area contributed by atoms with Crippen LogP contribution >= 0.6 is 0 Å². The molecule has 1 saturated carbocycles. The summed E-state index contributed by atoms with van der Waals surface area (Å²) in [7, 11) is 0. The number of aliphatic hydroxyl groups is 1. The summed E-state index contributed by atoms with van der Waals surface area (Å²) >= 11 is 0. The summed E-state index contributed by atoms with van der Waals surface area (Å²) in [5.74, 6) is 2.24. The van der Waals surface area contributed by atoms with E-state index in [1.54, 1.807) is 0 Å². The minimum absolute atomic E-state index is 0.0195. The molecule has 1 N–H and O–H groups in total. The van der Waals surface area contributed by atoms with E-state index in [9.17, 15) is 5.11 Å². The van der Waals surface area contributed by atoms with Crippen LogP contribution in [0.1, 0.15) is 59.3 Å². The van der Waals surface area contributed by atoms with Crippen molar-refractivity contribution in [3.8, 4) is 0 Å². The van der Waals surface area contributed by atoms with E-state index in [-0.39, 0.29) is 6.10 Å². The standard InChI is InChI=1S/C13H26O/c1-4-11-6-7-12(9-11)13(14)8-5-10(2)3/h10-14H,4-9H2,1-3H3. The molecule has 3 atom stereocenters. The summed E-state index contributed by atoms with van der Waals surface area (Å²) < 4.78 is 0. The van der Waals surface area contributed by atoms with Crippen molar-refractivity contribution in [1.29, 1.82) is 0 Å². The predicted octanol–water partition coefficient (Wildman–Crippen LogP) is 3.61. The van der Waals surface area contributed by atoms with E-state index in [0.717, 1.165) is 18.3 Å². The van der Waals surface area contributed by atoms with E-state index in [2.05, 4.69) is 20.8 Å². The van der Waals surface area contributed by atoms with Crippen LogP contribution in [0, 0.1) is 17.8 Å². The Balaban J connectivity index is 2.21. The zero-order valence-electron chi connectivity index (χ0n) is 10.00. The fraction of sp³-hybridized carbons (Fsp3) is 1.00. The van der Waals surface area contributed by atoms with Gasteiger partial charge < -0.3 is 5.11 Å². The molecule has 0 aromatic rings. The maximum Gasteiger partial charge on any atom is 0.0568 e. The van der Waals surface area contributed by atoms with Gasteiger partial charge in [0.25, 0.3) is 0 Å². The molecule has 14 heavy (non-hydrogen) atoms. The van der Waals surface area contributed by atoms with Crippen LogP contribution in [0.3, 0.4) is 0 Å². The first-order valence-corrected chi connectivity index (χ1v) is 6.31. The first kappa shape index (κ1) is 12.0. The van der Waals surface area contributed by atoms with Crippen molar-refractivity contribution in [2.24, 2.45) is 17.8 Å². The molecule has 1 rings (SSSR count).